The predicted molar refractivity (Wildman–Crippen MR) is 127 cm³/mol. The van der Waals surface area contributed by atoms with Crippen LogP contribution in [0.4, 0.5) is 5.13 Å². The Morgan fingerprint density at radius 3 is 2.67 bits per heavy atom. The number of aryl methyl sites for hydroxylation is 1. The van der Waals surface area contributed by atoms with Gasteiger partial charge in [0.25, 0.3) is 5.91 Å². The topological polar surface area (TPSA) is 45.7 Å². The molecule has 0 bridgehead atoms. The number of hydrogen-bond acceptors (Lipinski definition) is 5. The molecular weight excluding hydrogens is 486 g/mol. The average Bonchev–Trinajstić information content (AvgIpc) is 3.21. The number of anilines is 1. The van der Waals surface area contributed by atoms with Gasteiger partial charge in [0.05, 0.1) is 28.5 Å². The van der Waals surface area contributed by atoms with Crippen molar-refractivity contribution in [2.24, 2.45) is 0 Å². The van der Waals surface area contributed by atoms with E-state index in [2.05, 4.69) is 20.8 Å². The van der Waals surface area contributed by atoms with Crippen LogP contribution in [-0.4, -0.2) is 55.2 Å². The number of ether oxygens (including phenoxy) is 1. The fraction of sp³-hybridized carbons (Fsp3) is 0.364. The fourth-order valence-electron chi connectivity index (χ4n) is 3.52. The van der Waals surface area contributed by atoms with E-state index in [9.17, 15) is 4.79 Å². The molecule has 158 valence electrons. The van der Waals surface area contributed by atoms with E-state index in [0.29, 0.717) is 22.3 Å². The SMILES string of the molecule is Cc1ccc(Cl)c2sc(N(CCCN3CCOCC3)C(=O)c3ccc(Br)cc3)nc12. The van der Waals surface area contributed by atoms with Gasteiger partial charge in [-0.2, -0.15) is 0 Å². The second-order valence-corrected chi connectivity index (χ2v) is 9.61. The smallest absolute Gasteiger partial charge is 0.260 e. The van der Waals surface area contributed by atoms with Crippen LogP contribution >= 0.6 is 38.9 Å². The van der Waals surface area contributed by atoms with Crippen LogP contribution in [0.5, 0.6) is 0 Å². The van der Waals surface area contributed by atoms with Crippen LogP contribution in [0.1, 0.15) is 22.3 Å². The summed E-state index contributed by atoms with van der Waals surface area (Å²) in [5.74, 6) is -0.0442. The molecule has 4 rings (SSSR count). The number of carbonyl (C=O) groups is 1. The summed E-state index contributed by atoms with van der Waals surface area (Å²) in [4.78, 5) is 22.4. The third-order valence-electron chi connectivity index (χ3n) is 5.21. The number of halogens is 2. The summed E-state index contributed by atoms with van der Waals surface area (Å²) in [6.07, 6.45) is 0.866. The van der Waals surface area contributed by atoms with Crippen molar-refractivity contribution in [2.45, 2.75) is 13.3 Å². The van der Waals surface area contributed by atoms with Crippen molar-refractivity contribution in [1.82, 2.24) is 9.88 Å². The van der Waals surface area contributed by atoms with Crippen molar-refractivity contribution in [2.75, 3.05) is 44.3 Å². The highest BCUT2D eigenvalue weighted by molar-refractivity contribution is 9.10. The van der Waals surface area contributed by atoms with Gasteiger partial charge < -0.3 is 4.74 Å². The minimum atomic E-state index is -0.0442. The van der Waals surface area contributed by atoms with E-state index < -0.39 is 0 Å². The molecule has 3 aromatic rings. The Kier molecular flexibility index (Phi) is 7.05. The summed E-state index contributed by atoms with van der Waals surface area (Å²) >= 11 is 11.3. The lowest BCUT2D eigenvalue weighted by Crippen LogP contribution is -2.39. The summed E-state index contributed by atoms with van der Waals surface area (Å²) in [7, 11) is 0. The lowest BCUT2D eigenvalue weighted by atomic mass is 10.2. The summed E-state index contributed by atoms with van der Waals surface area (Å²) < 4.78 is 7.30. The molecule has 2 aromatic carbocycles. The molecule has 1 amide bonds. The maximum atomic E-state index is 13.4. The van der Waals surface area contributed by atoms with Crippen LogP contribution in [-0.2, 0) is 4.74 Å². The third kappa shape index (κ3) is 4.86. The van der Waals surface area contributed by atoms with Crippen LogP contribution in [0.25, 0.3) is 10.2 Å². The quantitative estimate of drug-likeness (QED) is 0.448. The number of morpholine rings is 1. The second-order valence-electron chi connectivity index (χ2n) is 7.31. The first kappa shape index (κ1) is 21.7. The molecule has 0 aliphatic carbocycles. The van der Waals surface area contributed by atoms with Crippen molar-refractivity contribution >= 4 is 60.1 Å². The van der Waals surface area contributed by atoms with Crippen LogP contribution < -0.4 is 4.90 Å². The maximum absolute atomic E-state index is 13.4. The highest BCUT2D eigenvalue weighted by atomic mass is 79.9. The van der Waals surface area contributed by atoms with Gasteiger partial charge in [-0.15, -0.1) is 0 Å². The monoisotopic (exact) mass is 507 g/mol. The van der Waals surface area contributed by atoms with Gasteiger partial charge >= 0.3 is 0 Å². The van der Waals surface area contributed by atoms with Crippen LogP contribution in [0.3, 0.4) is 0 Å². The zero-order chi connectivity index (χ0) is 21.1. The summed E-state index contributed by atoms with van der Waals surface area (Å²) in [5, 5.41) is 1.36. The van der Waals surface area contributed by atoms with Crippen molar-refractivity contribution in [3.63, 3.8) is 0 Å². The second kappa shape index (κ2) is 9.75. The lowest BCUT2D eigenvalue weighted by Gasteiger charge is -2.27. The Labute approximate surface area is 193 Å². The minimum absolute atomic E-state index is 0.0442. The number of hydrogen-bond donors (Lipinski definition) is 0. The van der Waals surface area contributed by atoms with E-state index in [0.717, 1.165) is 59.5 Å². The van der Waals surface area contributed by atoms with E-state index in [1.165, 1.54) is 11.3 Å². The molecule has 0 spiro atoms. The fourth-order valence-corrected chi connectivity index (χ4v) is 5.12. The molecule has 0 N–H and O–H groups in total. The summed E-state index contributed by atoms with van der Waals surface area (Å²) in [6, 6.07) is 11.3. The van der Waals surface area contributed by atoms with E-state index in [1.807, 2.05) is 43.3 Å². The van der Waals surface area contributed by atoms with Gasteiger partial charge in [-0.3, -0.25) is 14.6 Å². The first-order valence-electron chi connectivity index (χ1n) is 9.96. The Balaban J connectivity index is 1.60. The van der Waals surface area contributed by atoms with Gasteiger partial charge in [0, 0.05) is 36.2 Å². The van der Waals surface area contributed by atoms with Crippen molar-refractivity contribution in [3.8, 4) is 0 Å². The Morgan fingerprint density at radius 2 is 1.97 bits per heavy atom. The molecule has 0 radical (unpaired) electrons. The van der Waals surface area contributed by atoms with Crippen molar-refractivity contribution in [3.05, 3.63) is 57.0 Å². The minimum Gasteiger partial charge on any atom is -0.379 e. The number of aromatic nitrogens is 1. The van der Waals surface area contributed by atoms with E-state index in [4.69, 9.17) is 21.3 Å². The van der Waals surface area contributed by atoms with E-state index >= 15 is 0 Å². The van der Waals surface area contributed by atoms with E-state index in [-0.39, 0.29) is 5.91 Å². The Bertz CT molecular complexity index is 996. The zero-order valence-electron chi connectivity index (χ0n) is 16.7. The number of nitrogens with zero attached hydrogens (tertiary/aromatic N) is 3. The van der Waals surface area contributed by atoms with Gasteiger partial charge in [-0.25, -0.2) is 4.98 Å². The number of rotatable bonds is 6. The number of thiazole rings is 1. The molecule has 1 saturated heterocycles. The largest absolute Gasteiger partial charge is 0.379 e. The van der Waals surface area contributed by atoms with Gasteiger partial charge in [0.15, 0.2) is 5.13 Å². The molecule has 1 aliphatic heterocycles. The van der Waals surface area contributed by atoms with Crippen LogP contribution in [0, 0.1) is 6.92 Å². The van der Waals surface area contributed by atoms with Gasteiger partial charge in [0.2, 0.25) is 0 Å². The van der Waals surface area contributed by atoms with Gasteiger partial charge in [0.1, 0.15) is 0 Å². The molecule has 0 atom stereocenters. The zero-order valence-corrected chi connectivity index (χ0v) is 19.9. The molecule has 1 fully saturated rings. The Morgan fingerprint density at radius 1 is 1.23 bits per heavy atom. The Hall–Kier alpha value is -1.51. The van der Waals surface area contributed by atoms with E-state index in [1.54, 1.807) is 4.90 Å². The van der Waals surface area contributed by atoms with Crippen LogP contribution in [0.2, 0.25) is 5.02 Å². The predicted octanol–water partition coefficient (Wildman–Crippen LogP) is 5.39. The number of carbonyl (C=O) groups excluding carboxylic acids is 1. The number of benzene rings is 2. The average molecular weight is 509 g/mol. The maximum Gasteiger partial charge on any atom is 0.260 e. The molecule has 0 saturated carbocycles. The van der Waals surface area contributed by atoms with Gasteiger partial charge in [-0.05, 0) is 49.2 Å². The first-order chi connectivity index (χ1) is 14.5. The number of amides is 1. The normalized spacial score (nSPS) is 14.9. The summed E-state index contributed by atoms with van der Waals surface area (Å²) in [6.45, 7) is 6.98. The molecule has 5 nitrogen and oxygen atoms in total. The first-order valence-corrected chi connectivity index (χ1v) is 11.9. The molecule has 30 heavy (non-hydrogen) atoms. The molecule has 2 heterocycles. The molecule has 8 heteroatoms. The summed E-state index contributed by atoms with van der Waals surface area (Å²) in [5.41, 5.74) is 2.57. The highest BCUT2D eigenvalue weighted by Crippen LogP contribution is 2.36. The molecule has 1 aromatic heterocycles. The van der Waals surface area contributed by atoms with Crippen LogP contribution in [0.15, 0.2) is 40.9 Å². The highest BCUT2D eigenvalue weighted by Gasteiger charge is 2.23. The molecular formula is C22H23BrClN3O2S. The molecule has 1 aliphatic rings. The lowest BCUT2D eigenvalue weighted by molar-refractivity contribution is 0.0376. The van der Waals surface area contributed by atoms with Crippen molar-refractivity contribution < 1.29 is 9.53 Å². The third-order valence-corrected chi connectivity index (χ3v) is 7.28. The van der Waals surface area contributed by atoms with Crippen molar-refractivity contribution in [1.29, 1.82) is 0 Å². The molecule has 0 unspecified atom stereocenters. The number of fused-ring (bicyclic) bond motifs is 1. The van der Waals surface area contributed by atoms with Gasteiger partial charge in [-0.1, -0.05) is 44.9 Å². The standard InChI is InChI=1S/C22H23BrClN3O2S/c1-15-3-8-18(24)20-19(15)25-22(30-20)27(10-2-9-26-11-13-29-14-12-26)21(28)16-4-6-17(23)7-5-16/h3-8H,2,9-14H2,1H3.